The molecular formula is C13H14Cl2N2O3. The smallest absolute Gasteiger partial charge is 0.271 e. The Morgan fingerprint density at radius 3 is 2.70 bits per heavy atom. The topological polar surface area (TPSA) is 63.5 Å². The molecule has 1 amide bonds. The van der Waals surface area contributed by atoms with Crippen molar-refractivity contribution < 1.29 is 9.72 Å². The zero-order chi connectivity index (χ0) is 15.3. The molecule has 0 N–H and O–H groups in total. The lowest BCUT2D eigenvalue weighted by atomic mass is 10.1. The number of allylic oxidation sites excluding steroid dienone is 1. The van der Waals surface area contributed by atoms with E-state index in [9.17, 15) is 14.9 Å². The van der Waals surface area contributed by atoms with Gasteiger partial charge in [0, 0.05) is 25.7 Å². The minimum Gasteiger partial charge on any atom is -0.342 e. The molecule has 5 nitrogen and oxygen atoms in total. The average molecular weight is 317 g/mol. The van der Waals surface area contributed by atoms with Gasteiger partial charge in [-0.3, -0.25) is 14.9 Å². The van der Waals surface area contributed by atoms with Crippen molar-refractivity contribution in [3.63, 3.8) is 0 Å². The number of nitrogens with zero attached hydrogens (tertiary/aromatic N) is 2. The van der Waals surface area contributed by atoms with E-state index in [-0.39, 0.29) is 21.3 Å². The number of rotatable bonds is 6. The number of carbonyl (C=O) groups is 1. The number of carbonyl (C=O) groups excluding carboxylic acids is 1. The average Bonchev–Trinajstić information content (AvgIpc) is 2.40. The summed E-state index contributed by atoms with van der Waals surface area (Å²) in [6.07, 6.45) is 3.29. The molecular weight excluding hydrogens is 303 g/mol. The molecule has 0 spiro atoms. The minimum absolute atomic E-state index is 0.0105. The van der Waals surface area contributed by atoms with E-state index < -0.39 is 10.8 Å². The molecule has 0 heterocycles. The van der Waals surface area contributed by atoms with Crippen LogP contribution in [0.15, 0.2) is 24.8 Å². The maximum absolute atomic E-state index is 12.2. The summed E-state index contributed by atoms with van der Waals surface area (Å²) in [5, 5.41) is 10.8. The first-order valence-corrected chi connectivity index (χ1v) is 6.64. The van der Waals surface area contributed by atoms with Crippen LogP contribution in [0, 0.1) is 10.1 Å². The van der Waals surface area contributed by atoms with Gasteiger partial charge in [-0.25, -0.2) is 0 Å². The van der Waals surface area contributed by atoms with E-state index in [2.05, 4.69) is 6.58 Å². The van der Waals surface area contributed by atoms with Crippen molar-refractivity contribution in [3.05, 3.63) is 50.5 Å². The summed E-state index contributed by atoms with van der Waals surface area (Å²) < 4.78 is 0. The molecule has 0 fully saturated rings. The van der Waals surface area contributed by atoms with E-state index in [1.165, 1.54) is 4.90 Å². The Hall–Kier alpha value is -1.59. The SMILES string of the molecule is C=CCCCN(C)C(=O)c1cc([N+](=O)[O-])cc(Cl)c1Cl. The number of hydrogen-bond acceptors (Lipinski definition) is 3. The Kier molecular flexibility index (Phi) is 5.98. The van der Waals surface area contributed by atoms with E-state index in [4.69, 9.17) is 23.2 Å². The Balaban J connectivity index is 3.02. The summed E-state index contributed by atoms with van der Waals surface area (Å²) in [6.45, 7) is 4.10. The highest BCUT2D eigenvalue weighted by atomic mass is 35.5. The largest absolute Gasteiger partial charge is 0.342 e. The summed E-state index contributed by atoms with van der Waals surface area (Å²) in [6, 6.07) is 2.26. The van der Waals surface area contributed by atoms with E-state index in [1.807, 2.05) is 0 Å². The molecule has 0 saturated heterocycles. The fourth-order valence-electron chi connectivity index (χ4n) is 1.62. The first-order chi connectivity index (χ1) is 9.38. The summed E-state index contributed by atoms with van der Waals surface area (Å²) in [4.78, 5) is 23.8. The highest BCUT2D eigenvalue weighted by molar-refractivity contribution is 6.44. The van der Waals surface area contributed by atoms with Gasteiger partial charge in [0.2, 0.25) is 0 Å². The van der Waals surface area contributed by atoms with E-state index in [0.717, 1.165) is 25.0 Å². The number of nitro groups is 1. The van der Waals surface area contributed by atoms with Crippen LogP contribution in [0.2, 0.25) is 10.0 Å². The third-order valence-corrected chi connectivity index (χ3v) is 3.50. The van der Waals surface area contributed by atoms with Gasteiger partial charge in [-0.2, -0.15) is 0 Å². The molecule has 1 aromatic carbocycles. The first kappa shape index (κ1) is 16.5. The first-order valence-electron chi connectivity index (χ1n) is 5.88. The lowest BCUT2D eigenvalue weighted by molar-refractivity contribution is -0.384. The Morgan fingerprint density at radius 2 is 2.15 bits per heavy atom. The molecule has 0 unspecified atom stereocenters. The monoisotopic (exact) mass is 316 g/mol. The number of non-ortho nitro benzene ring substituents is 1. The molecule has 0 radical (unpaired) electrons. The molecule has 1 aromatic rings. The Bertz CT molecular complexity index is 547. The van der Waals surface area contributed by atoms with Crippen LogP contribution in [0.5, 0.6) is 0 Å². The molecule has 20 heavy (non-hydrogen) atoms. The van der Waals surface area contributed by atoms with Gasteiger partial charge in [0.25, 0.3) is 11.6 Å². The Labute approximate surface area is 126 Å². The zero-order valence-electron chi connectivity index (χ0n) is 10.9. The van der Waals surface area contributed by atoms with Gasteiger partial charge in [0.15, 0.2) is 0 Å². The lowest BCUT2D eigenvalue weighted by Crippen LogP contribution is -2.28. The van der Waals surface area contributed by atoms with Gasteiger partial charge in [-0.15, -0.1) is 6.58 Å². The second kappa shape index (κ2) is 7.26. The summed E-state index contributed by atoms with van der Waals surface area (Å²) >= 11 is 11.8. The molecule has 0 aliphatic heterocycles. The standard InChI is InChI=1S/C13H14Cl2N2O3/c1-3-4-5-6-16(2)13(18)10-7-9(17(19)20)8-11(14)12(10)15/h3,7-8H,1,4-6H2,2H3. The van der Waals surface area contributed by atoms with E-state index >= 15 is 0 Å². The number of nitro benzene ring substituents is 1. The Morgan fingerprint density at radius 1 is 1.50 bits per heavy atom. The van der Waals surface area contributed by atoms with Gasteiger partial charge in [-0.1, -0.05) is 29.3 Å². The van der Waals surface area contributed by atoms with Gasteiger partial charge in [-0.05, 0) is 12.8 Å². The van der Waals surface area contributed by atoms with Crippen molar-refractivity contribution in [2.45, 2.75) is 12.8 Å². The van der Waals surface area contributed by atoms with E-state index in [0.29, 0.717) is 6.54 Å². The van der Waals surface area contributed by atoms with Gasteiger partial charge >= 0.3 is 0 Å². The van der Waals surface area contributed by atoms with Gasteiger partial charge in [0.1, 0.15) is 0 Å². The van der Waals surface area contributed by atoms with Crippen molar-refractivity contribution in [1.29, 1.82) is 0 Å². The summed E-state index contributed by atoms with van der Waals surface area (Å²) in [5.74, 6) is -0.398. The maximum atomic E-state index is 12.2. The predicted molar refractivity (Wildman–Crippen MR) is 79.5 cm³/mol. The number of amides is 1. The zero-order valence-corrected chi connectivity index (χ0v) is 12.4. The summed E-state index contributed by atoms with van der Waals surface area (Å²) in [5.41, 5.74) is -0.228. The number of benzene rings is 1. The fourth-order valence-corrected chi connectivity index (χ4v) is 2.02. The van der Waals surface area contributed by atoms with Crippen molar-refractivity contribution in [2.75, 3.05) is 13.6 Å². The molecule has 0 aliphatic carbocycles. The fraction of sp³-hybridized carbons (Fsp3) is 0.308. The number of unbranched alkanes of at least 4 members (excludes halogenated alkanes) is 1. The third kappa shape index (κ3) is 3.95. The molecule has 0 saturated carbocycles. The van der Waals surface area contributed by atoms with Crippen LogP contribution in [-0.2, 0) is 0 Å². The van der Waals surface area contributed by atoms with Crippen LogP contribution >= 0.6 is 23.2 Å². The molecule has 1 rings (SSSR count). The van der Waals surface area contributed by atoms with Crippen LogP contribution in [0.3, 0.4) is 0 Å². The van der Waals surface area contributed by atoms with Crippen LogP contribution in [-0.4, -0.2) is 29.3 Å². The van der Waals surface area contributed by atoms with Gasteiger partial charge in [0.05, 0.1) is 20.5 Å². The molecule has 108 valence electrons. The quantitative estimate of drug-likeness (QED) is 0.345. The molecule has 7 heteroatoms. The van der Waals surface area contributed by atoms with Crippen molar-refractivity contribution in [3.8, 4) is 0 Å². The predicted octanol–water partition coefficient (Wildman–Crippen LogP) is 3.94. The van der Waals surface area contributed by atoms with Crippen LogP contribution in [0.1, 0.15) is 23.2 Å². The number of halogens is 2. The van der Waals surface area contributed by atoms with Crippen molar-refractivity contribution in [1.82, 2.24) is 4.90 Å². The third-order valence-electron chi connectivity index (χ3n) is 2.70. The van der Waals surface area contributed by atoms with Crippen molar-refractivity contribution >= 4 is 34.8 Å². The molecule has 0 atom stereocenters. The maximum Gasteiger partial charge on any atom is 0.271 e. The molecule has 0 aromatic heterocycles. The minimum atomic E-state index is -0.614. The second-order valence-corrected chi connectivity index (χ2v) is 4.99. The normalized spacial score (nSPS) is 10.2. The van der Waals surface area contributed by atoms with Crippen LogP contribution in [0.4, 0.5) is 5.69 Å². The molecule has 0 aliphatic rings. The molecule has 0 bridgehead atoms. The second-order valence-electron chi connectivity index (χ2n) is 4.20. The number of hydrogen-bond donors (Lipinski definition) is 0. The van der Waals surface area contributed by atoms with Crippen molar-refractivity contribution in [2.24, 2.45) is 0 Å². The van der Waals surface area contributed by atoms with Crippen LogP contribution < -0.4 is 0 Å². The highest BCUT2D eigenvalue weighted by Gasteiger charge is 2.21. The van der Waals surface area contributed by atoms with Gasteiger partial charge < -0.3 is 4.90 Å². The lowest BCUT2D eigenvalue weighted by Gasteiger charge is -2.17. The summed E-state index contributed by atoms with van der Waals surface area (Å²) in [7, 11) is 1.61. The highest BCUT2D eigenvalue weighted by Crippen LogP contribution is 2.31. The van der Waals surface area contributed by atoms with E-state index in [1.54, 1.807) is 13.1 Å². The van der Waals surface area contributed by atoms with Crippen LogP contribution in [0.25, 0.3) is 0 Å².